The van der Waals surface area contributed by atoms with Crippen molar-refractivity contribution < 1.29 is 14.7 Å². The molecule has 0 saturated heterocycles. The fraction of sp³-hybridized carbons (Fsp3) is 0.636. The number of aliphatic carboxylic acids is 1. The molecule has 0 saturated carbocycles. The van der Waals surface area contributed by atoms with Crippen molar-refractivity contribution in [2.24, 2.45) is 0 Å². The highest BCUT2D eigenvalue weighted by Gasteiger charge is 2.03. The van der Waals surface area contributed by atoms with Crippen molar-refractivity contribution in [2.75, 3.05) is 26.7 Å². The lowest BCUT2D eigenvalue weighted by Crippen LogP contribution is -2.29. The van der Waals surface area contributed by atoms with E-state index in [0.29, 0.717) is 18.7 Å². The van der Waals surface area contributed by atoms with E-state index in [1.807, 2.05) is 11.9 Å². The summed E-state index contributed by atoms with van der Waals surface area (Å²) in [6.07, 6.45) is 0.948. The van der Waals surface area contributed by atoms with Crippen molar-refractivity contribution >= 4 is 11.9 Å². The van der Waals surface area contributed by atoms with Gasteiger partial charge in [-0.25, -0.2) is 0 Å². The fourth-order valence-electron chi connectivity index (χ4n) is 1.10. The molecule has 5 heteroatoms. The molecule has 16 heavy (non-hydrogen) atoms. The van der Waals surface area contributed by atoms with E-state index < -0.39 is 5.97 Å². The third-order valence-electron chi connectivity index (χ3n) is 2.10. The van der Waals surface area contributed by atoms with Gasteiger partial charge >= 0.3 is 5.97 Å². The predicted octanol–water partition coefficient (Wildman–Crippen LogP) is 0.475. The second kappa shape index (κ2) is 7.87. The number of rotatable bonds is 8. The average molecular weight is 228 g/mol. The number of carbonyl (C=O) groups excluding carboxylic acids is 1. The van der Waals surface area contributed by atoms with Crippen LogP contribution in [0.5, 0.6) is 0 Å². The van der Waals surface area contributed by atoms with E-state index in [9.17, 15) is 9.59 Å². The van der Waals surface area contributed by atoms with E-state index in [1.165, 1.54) is 0 Å². The van der Waals surface area contributed by atoms with Crippen molar-refractivity contribution in [3.63, 3.8) is 0 Å². The third-order valence-corrected chi connectivity index (χ3v) is 2.10. The molecular formula is C11H20N2O3. The maximum Gasteiger partial charge on any atom is 0.304 e. The van der Waals surface area contributed by atoms with Gasteiger partial charge < -0.3 is 15.3 Å². The minimum absolute atomic E-state index is 0.131. The molecule has 0 aromatic rings. The third kappa shape index (κ3) is 7.99. The van der Waals surface area contributed by atoms with Gasteiger partial charge in [-0.15, -0.1) is 0 Å². The molecule has 0 unspecified atom stereocenters. The molecule has 0 radical (unpaired) electrons. The summed E-state index contributed by atoms with van der Waals surface area (Å²) >= 11 is 0. The zero-order chi connectivity index (χ0) is 12.6. The summed E-state index contributed by atoms with van der Waals surface area (Å²) in [6, 6.07) is 0. The summed E-state index contributed by atoms with van der Waals surface area (Å²) < 4.78 is 0. The lowest BCUT2D eigenvalue weighted by Gasteiger charge is -2.15. The van der Waals surface area contributed by atoms with Gasteiger partial charge in [0.05, 0.1) is 6.42 Å². The van der Waals surface area contributed by atoms with Gasteiger partial charge in [0.25, 0.3) is 0 Å². The molecule has 0 aromatic heterocycles. The van der Waals surface area contributed by atoms with Gasteiger partial charge in [0, 0.05) is 18.7 Å². The monoisotopic (exact) mass is 228 g/mol. The van der Waals surface area contributed by atoms with Gasteiger partial charge in [0.15, 0.2) is 0 Å². The standard InChI is InChI=1S/C11H20N2O3/c1-9(2)11(16)12-6-4-7-13(3)8-5-10(14)15/h1,4-8H2,2-3H3,(H,12,16)(H,14,15). The van der Waals surface area contributed by atoms with Gasteiger partial charge in [-0.1, -0.05) is 6.58 Å². The summed E-state index contributed by atoms with van der Waals surface area (Å²) in [5, 5.41) is 11.2. The predicted molar refractivity (Wildman–Crippen MR) is 62.2 cm³/mol. The number of nitrogens with one attached hydrogen (secondary N) is 1. The summed E-state index contributed by atoms with van der Waals surface area (Å²) in [7, 11) is 1.86. The normalized spacial score (nSPS) is 10.2. The number of nitrogens with zero attached hydrogens (tertiary/aromatic N) is 1. The number of hydrogen-bond donors (Lipinski definition) is 2. The molecule has 0 aliphatic heterocycles. The molecule has 0 bridgehead atoms. The van der Waals surface area contributed by atoms with Crippen LogP contribution >= 0.6 is 0 Å². The van der Waals surface area contributed by atoms with E-state index in [1.54, 1.807) is 6.92 Å². The number of carboxylic acid groups (broad SMARTS) is 1. The highest BCUT2D eigenvalue weighted by molar-refractivity contribution is 5.91. The van der Waals surface area contributed by atoms with Crippen LogP contribution in [0.4, 0.5) is 0 Å². The maximum absolute atomic E-state index is 11.1. The van der Waals surface area contributed by atoms with Crippen LogP contribution in [0.25, 0.3) is 0 Å². The smallest absolute Gasteiger partial charge is 0.304 e. The van der Waals surface area contributed by atoms with Crippen LogP contribution in [0, 0.1) is 0 Å². The van der Waals surface area contributed by atoms with Gasteiger partial charge in [-0.05, 0) is 26.9 Å². The number of amides is 1. The largest absolute Gasteiger partial charge is 0.481 e. The molecular weight excluding hydrogens is 208 g/mol. The van der Waals surface area contributed by atoms with Crippen molar-refractivity contribution in [1.29, 1.82) is 0 Å². The van der Waals surface area contributed by atoms with E-state index in [2.05, 4.69) is 11.9 Å². The summed E-state index contributed by atoms with van der Waals surface area (Å²) in [5.41, 5.74) is 0.499. The van der Waals surface area contributed by atoms with Gasteiger partial charge in [-0.2, -0.15) is 0 Å². The highest BCUT2D eigenvalue weighted by atomic mass is 16.4. The van der Waals surface area contributed by atoms with Gasteiger partial charge in [0.1, 0.15) is 0 Å². The molecule has 0 spiro atoms. The van der Waals surface area contributed by atoms with E-state index in [4.69, 9.17) is 5.11 Å². The quantitative estimate of drug-likeness (QED) is 0.468. The van der Waals surface area contributed by atoms with Gasteiger partial charge in [-0.3, -0.25) is 9.59 Å². The Morgan fingerprint density at radius 1 is 1.38 bits per heavy atom. The SMILES string of the molecule is C=C(C)C(=O)NCCCN(C)CCC(=O)O. The van der Waals surface area contributed by atoms with Crippen molar-refractivity contribution in [3.8, 4) is 0 Å². The topological polar surface area (TPSA) is 69.6 Å². The number of carbonyl (C=O) groups is 2. The number of hydrogen-bond acceptors (Lipinski definition) is 3. The highest BCUT2D eigenvalue weighted by Crippen LogP contribution is 1.91. The second-order valence-corrected chi connectivity index (χ2v) is 3.84. The van der Waals surface area contributed by atoms with Crippen LogP contribution in [0.15, 0.2) is 12.2 Å². The van der Waals surface area contributed by atoms with Crippen LogP contribution in [-0.4, -0.2) is 48.6 Å². The average Bonchev–Trinajstić information content (AvgIpc) is 2.20. The van der Waals surface area contributed by atoms with Crippen LogP contribution in [-0.2, 0) is 9.59 Å². The Balaban J connectivity index is 3.47. The van der Waals surface area contributed by atoms with E-state index in [0.717, 1.165) is 13.0 Å². The molecule has 92 valence electrons. The molecule has 0 heterocycles. The van der Waals surface area contributed by atoms with Crippen LogP contribution in [0.1, 0.15) is 19.8 Å². The molecule has 2 N–H and O–H groups in total. The van der Waals surface area contributed by atoms with Crippen LogP contribution < -0.4 is 5.32 Å². The summed E-state index contributed by atoms with van der Waals surface area (Å²) in [5.74, 6) is -0.921. The molecule has 0 atom stereocenters. The second-order valence-electron chi connectivity index (χ2n) is 3.84. The Hall–Kier alpha value is -1.36. The van der Waals surface area contributed by atoms with Crippen LogP contribution in [0.2, 0.25) is 0 Å². The van der Waals surface area contributed by atoms with Crippen LogP contribution in [0.3, 0.4) is 0 Å². The Morgan fingerprint density at radius 3 is 2.50 bits per heavy atom. The first-order valence-electron chi connectivity index (χ1n) is 5.27. The molecule has 0 aliphatic carbocycles. The Bertz CT molecular complexity index is 264. The lowest BCUT2D eigenvalue weighted by molar-refractivity contribution is -0.137. The Labute approximate surface area is 96.1 Å². The summed E-state index contributed by atoms with van der Waals surface area (Å²) in [4.78, 5) is 23.3. The lowest BCUT2D eigenvalue weighted by atomic mass is 10.3. The van der Waals surface area contributed by atoms with E-state index in [-0.39, 0.29) is 12.3 Å². The minimum Gasteiger partial charge on any atom is -0.481 e. The minimum atomic E-state index is -0.789. The van der Waals surface area contributed by atoms with E-state index >= 15 is 0 Å². The van der Waals surface area contributed by atoms with Crippen molar-refractivity contribution in [3.05, 3.63) is 12.2 Å². The first kappa shape index (κ1) is 14.6. The zero-order valence-corrected chi connectivity index (χ0v) is 9.95. The zero-order valence-electron chi connectivity index (χ0n) is 9.95. The van der Waals surface area contributed by atoms with Gasteiger partial charge in [0.2, 0.25) is 5.91 Å². The first-order valence-corrected chi connectivity index (χ1v) is 5.27. The number of carboxylic acids is 1. The van der Waals surface area contributed by atoms with Crippen molar-refractivity contribution in [1.82, 2.24) is 10.2 Å². The molecule has 0 aromatic carbocycles. The molecule has 0 rings (SSSR count). The van der Waals surface area contributed by atoms with Crippen molar-refractivity contribution in [2.45, 2.75) is 19.8 Å². The molecule has 0 aliphatic rings. The Kier molecular flexibility index (Phi) is 7.20. The molecule has 0 fully saturated rings. The maximum atomic E-state index is 11.1. The summed E-state index contributed by atoms with van der Waals surface area (Å²) in [6.45, 7) is 7.08. The Morgan fingerprint density at radius 2 is 2.00 bits per heavy atom. The first-order chi connectivity index (χ1) is 7.43. The fourth-order valence-corrected chi connectivity index (χ4v) is 1.10. The molecule has 1 amide bonds. The molecule has 5 nitrogen and oxygen atoms in total.